The van der Waals surface area contributed by atoms with Gasteiger partial charge in [-0.15, -0.1) is 0 Å². The summed E-state index contributed by atoms with van der Waals surface area (Å²) in [5.41, 5.74) is 0. The third kappa shape index (κ3) is 6.10. The predicted octanol–water partition coefficient (Wildman–Crippen LogP) is 1.40. The molecule has 100 valence electrons. The van der Waals surface area contributed by atoms with E-state index in [1.807, 2.05) is 37.4 Å². The average molecular weight is 252 g/mol. The van der Waals surface area contributed by atoms with Crippen LogP contribution in [0.5, 0.6) is 5.75 Å². The van der Waals surface area contributed by atoms with Crippen molar-refractivity contribution in [2.45, 2.75) is 13.0 Å². The van der Waals surface area contributed by atoms with E-state index in [1.165, 1.54) is 0 Å². The summed E-state index contributed by atoms with van der Waals surface area (Å²) in [5.74, 6) is 0.767. The number of hydrogen-bond acceptors (Lipinski definition) is 4. The normalized spacial score (nSPS) is 11.7. The van der Waals surface area contributed by atoms with Gasteiger partial charge in [-0.05, 0) is 26.1 Å². The SMILES string of the molecule is CNCCNC(=O)OC(C)COc1ccccc1. The smallest absolute Gasteiger partial charge is 0.407 e. The lowest BCUT2D eigenvalue weighted by Gasteiger charge is -2.14. The number of rotatable bonds is 7. The molecule has 5 nitrogen and oxygen atoms in total. The molecular formula is C13H20N2O3. The Labute approximate surface area is 107 Å². The van der Waals surface area contributed by atoms with Crippen LogP contribution in [0.1, 0.15) is 6.92 Å². The number of amides is 1. The molecule has 1 aromatic rings. The van der Waals surface area contributed by atoms with Crippen LogP contribution in [0.15, 0.2) is 30.3 Å². The number of benzene rings is 1. The molecule has 1 unspecified atom stereocenters. The van der Waals surface area contributed by atoms with E-state index in [9.17, 15) is 4.79 Å². The fourth-order valence-corrected chi connectivity index (χ4v) is 1.28. The van der Waals surface area contributed by atoms with E-state index in [2.05, 4.69) is 10.6 Å². The molecule has 0 heterocycles. The van der Waals surface area contributed by atoms with Gasteiger partial charge < -0.3 is 20.1 Å². The van der Waals surface area contributed by atoms with Gasteiger partial charge in [0, 0.05) is 13.1 Å². The van der Waals surface area contributed by atoms with E-state index < -0.39 is 6.09 Å². The zero-order chi connectivity index (χ0) is 13.2. The van der Waals surface area contributed by atoms with E-state index in [0.29, 0.717) is 19.7 Å². The Kier molecular flexibility index (Phi) is 6.64. The van der Waals surface area contributed by atoms with Crippen LogP contribution in [0.2, 0.25) is 0 Å². The quantitative estimate of drug-likeness (QED) is 0.720. The zero-order valence-electron chi connectivity index (χ0n) is 10.8. The van der Waals surface area contributed by atoms with Gasteiger partial charge >= 0.3 is 6.09 Å². The molecule has 0 aromatic heterocycles. The fraction of sp³-hybridized carbons (Fsp3) is 0.462. The molecule has 0 saturated carbocycles. The summed E-state index contributed by atoms with van der Waals surface area (Å²) in [6.45, 7) is 3.38. The van der Waals surface area contributed by atoms with Gasteiger partial charge in [0.05, 0.1) is 0 Å². The molecule has 1 rings (SSSR count). The van der Waals surface area contributed by atoms with Gasteiger partial charge in [-0.1, -0.05) is 18.2 Å². The highest BCUT2D eigenvalue weighted by Crippen LogP contribution is 2.09. The zero-order valence-corrected chi connectivity index (χ0v) is 10.8. The summed E-state index contributed by atoms with van der Waals surface area (Å²) in [5, 5.41) is 5.56. The summed E-state index contributed by atoms with van der Waals surface area (Å²) in [6, 6.07) is 9.43. The van der Waals surface area contributed by atoms with Crippen LogP contribution in [-0.2, 0) is 4.74 Å². The van der Waals surface area contributed by atoms with Crippen molar-refractivity contribution in [3.8, 4) is 5.75 Å². The lowest BCUT2D eigenvalue weighted by Crippen LogP contribution is -2.34. The lowest BCUT2D eigenvalue weighted by molar-refractivity contribution is 0.0755. The molecule has 0 bridgehead atoms. The van der Waals surface area contributed by atoms with Crippen LogP contribution in [0.25, 0.3) is 0 Å². The van der Waals surface area contributed by atoms with E-state index in [-0.39, 0.29) is 6.10 Å². The first-order chi connectivity index (χ1) is 8.72. The van der Waals surface area contributed by atoms with Gasteiger partial charge in [0.25, 0.3) is 0 Å². The maximum absolute atomic E-state index is 11.3. The molecule has 0 saturated heterocycles. The van der Waals surface area contributed by atoms with Crippen molar-refractivity contribution in [2.24, 2.45) is 0 Å². The number of para-hydroxylation sites is 1. The fourth-order valence-electron chi connectivity index (χ4n) is 1.28. The van der Waals surface area contributed by atoms with Crippen LogP contribution in [0.3, 0.4) is 0 Å². The first-order valence-electron chi connectivity index (χ1n) is 5.99. The standard InChI is InChI=1S/C13H20N2O3/c1-11(18-13(16)15-9-8-14-2)10-17-12-6-4-3-5-7-12/h3-7,11,14H,8-10H2,1-2H3,(H,15,16). The molecule has 5 heteroatoms. The highest BCUT2D eigenvalue weighted by Gasteiger charge is 2.09. The van der Waals surface area contributed by atoms with Crippen molar-refractivity contribution in [3.05, 3.63) is 30.3 Å². The molecule has 2 N–H and O–H groups in total. The Hall–Kier alpha value is -1.75. The molecule has 1 amide bonds. The minimum absolute atomic E-state index is 0.292. The van der Waals surface area contributed by atoms with E-state index in [4.69, 9.17) is 9.47 Å². The van der Waals surface area contributed by atoms with Gasteiger partial charge in [-0.2, -0.15) is 0 Å². The topological polar surface area (TPSA) is 59.6 Å². The maximum Gasteiger partial charge on any atom is 0.407 e. The Bertz CT molecular complexity index is 343. The van der Waals surface area contributed by atoms with Crippen LogP contribution < -0.4 is 15.4 Å². The maximum atomic E-state index is 11.3. The number of nitrogens with one attached hydrogen (secondary N) is 2. The number of carbonyl (C=O) groups is 1. The molecular weight excluding hydrogens is 232 g/mol. The molecule has 0 aliphatic heterocycles. The molecule has 1 aromatic carbocycles. The first-order valence-corrected chi connectivity index (χ1v) is 5.99. The van der Waals surface area contributed by atoms with Crippen molar-refractivity contribution < 1.29 is 14.3 Å². The van der Waals surface area contributed by atoms with Gasteiger partial charge in [-0.3, -0.25) is 0 Å². The number of alkyl carbamates (subject to hydrolysis) is 1. The number of ether oxygens (including phenoxy) is 2. The van der Waals surface area contributed by atoms with Gasteiger partial charge in [-0.25, -0.2) is 4.79 Å². The van der Waals surface area contributed by atoms with Crippen molar-refractivity contribution in [3.63, 3.8) is 0 Å². The van der Waals surface area contributed by atoms with Crippen LogP contribution in [-0.4, -0.2) is 38.9 Å². The average Bonchev–Trinajstić information content (AvgIpc) is 2.38. The lowest BCUT2D eigenvalue weighted by atomic mass is 10.3. The second kappa shape index (κ2) is 8.36. The second-order valence-electron chi connectivity index (χ2n) is 3.87. The second-order valence-corrected chi connectivity index (χ2v) is 3.87. The Balaban J connectivity index is 2.17. The third-order valence-corrected chi connectivity index (χ3v) is 2.18. The van der Waals surface area contributed by atoms with E-state index >= 15 is 0 Å². The minimum atomic E-state index is -0.422. The van der Waals surface area contributed by atoms with Crippen molar-refractivity contribution in [1.82, 2.24) is 10.6 Å². The summed E-state index contributed by atoms with van der Waals surface area (Å²) in [4.78, 5) is 11.3. The third-order valence-electron chi connectivity index (χ3n) is 2.18. The molecule has 0 aliphatic carbocycles. The molecule has 0 spiro atoms. The predicted molar refractivity (Wildman–Crippen MR) is 69.8 cm³/mol. The number of carbonyl (C=O) groups excluding carboxylic acids is 1. The minimum Gasteiger partial charge on any atom is -0.490 e. The summed E-state index contributed by atoms with van der Waals surface area (Å²) >= 11 is 0. The van der Waals surface area contributed by atoms with Gasteiger partial charge in [0.1, 0.15) is 18.5 Å². The highest BCUT2D eigenvalue weighted by molar-refractivity contribution is 5.67. The summed E-state index contributed by atoms with van der Waals surface area (Å²) < 4.78 is 10.6. The van der Waals surface area contributed by atoms with Crippen molar-refractivity contribution >= 4 is 6.09 Å². The Morgan fingerprint density at radius 1 is 1.28 bits per heavy atom. The van der Waals surface area contributed by atoms with Crippen LogP contribution in [0.4, 0.5) is 4.79 Å². The monoisotopic (exact) mass is 252 g/mol. The molecule has 0 aliphatic rings. The first kappa shape index (κ1) is 14.3. The Morgan fingerprint density at radius 3 is 2.67 bits per heavy atom. The largest absolute Gasteiger partial charge is 0.490 e. The van der Waals surface area contributed by atoms with Gasteiger partial charge in [0.2, 0.25) is 0 Å². The molecule has 1 atom stereocenters. The number of likely N-dealkylation sites (N-methyl/N-ethyl adjacent to an activating group) is 1. The van der Waals surface area contributed by atoms with Crippen molar-refractivity contribution in [1.29, 1.82) is 0 Å². The summed E-state index contributed by atoms with van der Waals surface area (Å²) in [7, 11) is 1.82. The van der Waals surface area contributed by atoms with Crippen molar-refractivity contribution in [2.75, 3.05) is 26.7 Å². The number of hydrogen-bond donors (Lipinski definition) is 2. The molecule has 18 heavy (non-hydrogen) atoms. The molecule has 0 radical (unpaired) electrons. The van der Waals surface area contributed by atoms with E-state index in [0.717, 1.165) is 5.75 Å². The Morgan fingerprint density at radius 2 is 2.00 bits per heavy atom. The van der Waals surface area contributed by atoms with E-state index in [1.54, 1.807) is 6.92 Å². The summed E-state index contributed by atoms with van der Waals surface area (Å²) in [6.07, 6.45) is -0.714. The van der Waals surface area contributed by atoms with Crippen LogP contribution in [0, 0.1) is 0 Å². The highest BCUT2D eigenvalue weighted by atomic mass is 16.6. The molecule has 0 fully saturated rings. The van der Waals surface area contributed by atoms with Crippen LogP contribution >= 0.6 is 0 Å². The van der Waals surface area contributed by atoms with Gasteiger partial charge in [0.15, 0.2) is 0 Å².